The van der Waals surface area contributed by atoms with Crippen LogP contribution >= 0.6 is 15.9 Å². The van der Waals surface area contributed by atoms with Crippen molar-refractivity contribution in [2.45, 2.75) is 13.8 Å². The molecule has 1 amide bonds. The minimum Gasteiger partial charge on any atom is -0.399 e. The smallest absolute Gasteiger partial charge is 0.254 e. The van der Waals surface area contributed by atoms with E-state index in [1.807, 2.05) is 13.8 Å². The SMILES string of the molecule is CCOCCN(CCOCC)C(=O)c1cc(N)cc(Br)c1. The van der Waals surface area contributed by atoms with Crippen molar-refractivity contribution < 1.29 is 14.3 Å². The van der Waals surface area contributed by atoms with Crippen LogP contribution < -0.4 is 5.73 Å². The van der Waals surface area contributed by atoms with E-state index >= 15 is 0 Å². The summed E-state index contributed by atoms with van der Waals surface area (Å²) in [5.74, 6) is -0.0672. The summed E-state index contributed by atoms with van der Waals surface area (Å²) >= 11 is 3.36. The molecule has 0 saturated carbocycles. The standard InChI is InChI=1S/C15H23BrN2O3/c1-3-20-7-5-18(6-8-21-4-2)15(19)12-9-13(16)11-14(17)10-12/h9-11H,3-8,17H2,1-2H3. The molecule has 0 fully saturated rings. The van der Waals surface area contributed by atoms with Crippen molar-refractivity contribution in [3.8, 4) is 0 Å². The van der Waals surface area contributed by atoms with Crippen LogP contribution in [0.4, 0.5) is 5.69 Å². The molecular weight excluding hydrogens is 336 g/mol. The maximum absolute atomic E-state index is 12.6. The van der Waals surface area contributed by atoms with Gasteiger partial charge in [0.15, 0.2) is 0 Å². The Bertz CT molecular complexity index is 424. The Morgan fingerprint density at radius 1 is 1.14 bits per heavy atom. The average Bonchev–Trinajstić information content (AvgIpc) is 2.44. The molecule has 0 saturated heterocycles. The van der Waals surface area contributed by atoms with Crippen molar-refractivity contribution in [2.75, 3.05) is 45.3 Å². The molecule has 2 N–H and O–H groups in total. The third-order valence-corrected chi connectivity index (χ3v) is 3.33. The first-order valence-electron chi connectivity index (χ1n) is 7.09. The topological polar surface area (TPSA) is 64.8 Å². The molecule has 0 aliphatic carbocycles. The van der Waals surface area contributed by atoms with E-state index in [9.17, 15) is 4.79 Å². The lowest BCUT2D eigenvalue weighted by Gasteiger charge is -2.23. The Morgan fingerprint density at radius 2 is 1.71 bits per heavy atom. The van der Waals surface area contributed by atoms with Crippen LogP contribution in [-0.4, -0.2) is 50.3 Å². The maximum Gasteiger partial charge on any atom is 0.254 e. The number of carbonyl (C=O) groups is 1. The molecule has 0 bridgehead atoms. The van der Waals surface area contributed by atoms with Crippen molar-refractivity contribution in [3.05, 3.63) is 28.2 Å². The molecule has 1 aromatic rings. The summed E-state index contributed by atoms with van der Waals surface area (Å²) in [7, 11) is 0. The van der Waals surface area contributed by atoms with Gasteiger partial charge in [-0.3, -0.25) is 4.79 Å². The van der Waals surface area contributed by atoms with Crippen molar-refractivity contribution in [1.29, 1.82) is 0 Å². The molecule has 1 aromatic carbocycles. The fourth-order valence-corrected chi connectivity index (χ4v) is 2.38. The highest BCUT2D eigenvalue weighted by molar-refractivity contribution is 9.10. The molecule has 5 nitrogen and oxygen atoms in total. The molecule has 0 unspecified atom stereocenters. The lowest BCUT2D eigenvalue weighted by molar-refractivity contribution is 0.0550. The second-order valence-corrected chi connectivity index (χ2v) is 5.37. The minimum atomic E-state index is -0.0672. The summed E-state index contributed by atoms with van der Waals surface area (Å²) in [5, 5.41) is 0. The zero-order valence-electron chi connectivity index (χ0n) is 12.6. The van der Waals surface area contributed by atoms with Gasteiger partial charge in [0.05, 0.1) is 13.2 Å². The number of hydrogen-bond donors (Lipinski definition) is 1. The first-order valence-corrected chi connectivity index (χ1v) is 7.88. The van der Waals surface area contributed by atoms with E-state index in [1.165, 1.54) is 0 Å². The van der Waals surface area contributed by atoms with E-state index in [0.717, 1.165) is 4.47 Å². The second-order valence-electron chi connectivity index (χ2n) is 4.46. The van der Waals surface area contributed by atoms with Crippen molar-refractivity contribution in [3.63, 3.8) is 0 Å². The monoisotopic (exact) mass is 358 g/mol. The first-order chi connectivity index (χ1) is 10.1. The number of hydrogen-bond acceptors (Lipinski definition) is 4. The zero-order chi connectivity index (χ0) is 15.7. The molecule has 0 radical (unpaired) electrons. The van der Waals surface area contributed by atoms with Crippen molar-refractivity contribution >= 4 is 27.5 Å². The quantitative estimate of drug-likeness (QED) is 0.544. The van der Waals surface area contributed by atoms with Crippen LogP contribution in [-0.2, 0) is 9.47 Å². The van der Waals surface area contributed by atoms with Crippen LogP contribution in [0.1, 0.15) is 24.2 Å². The van der Waals surface area contributed by atoms with Gasteiger partial charge in [-0.1, -0.05) is 15.9 Å². The van der Waals surface area contributed by atoms with Gasteiger partial charge in [-0.25, -0.2) is 0 Å². The fraction of sp³-hybridized carbons (Fsp3) is 0.533. The zero-order valence-corrected chi connectivity index (χ0v) is 14.2. The number of rotatable bonds is 9. The number of anilines is 1. The molecule has 0 atom stereocenters. The molecule has 0 aliphatic heterocycles. The molecule has 0 spiro atoms. The number of halogens is 1. The second kappa shape index (κ2) is 9.76. The summed E-state index contributed by atoms with van der Waals surface area (Å²) in [4.78, 5) is 14.3. The average molecular weight is 359 g/mol. The summed E-state index contributed by atoms with van der Waals surface area (Å²) < 4.78 is 11.5. The number of benzene rings is 1. The largest absolute Gasteiger partial charge is 0.399 e. The van der Waals surface area contributed by atoms with E-state index < -0.39 is 0 Å². The third kappa shape index (κ3) is 6.46. The summed E-state index contributed by atoms with van der Waals surface area (Å²) in [6.07, 6.45) is 0. The lowest BCUT2D eigenvalue weighted by atomic mass is 10.1. The van der Waals surface area contributed by atoms with Gasteiger partial charge in [0, 0.05) is 42.0 Å². The normalized spacial score (nSPS) is 10.6. The van der Waals surface area contributed by atoms with Crippen LogP contribution in [0.2, 0.25) is 0 Å². The predicted molar refractivity (Wildman–Crippen MR) is 87.4 cm³/mol. The molecule has 0 aliphatic rings. The number of nitrogens with zero attached hydrogens (tertiary/aromatic N) is 1. The van der Waals surface area contributed by atoms with Gasteiger partial charge in [0.25, 0.3) is 5.91 Å². The molecule has 6 heteroatoms. The van der Waals surface area contributed by atoms with Gasteiger partial charge in [-0.15, -0.1) is 0 Å². The first kappa shape index (κ1) is 17.9. The van der Waals surface area contributed by atoms with Gasteiger partial charge >= 0.3 is 0 Å². The molecule has 21 heavy (non-hydrogen) atoms. The van der Waals surface area contributed by atoms with Crippen LogP contribution in [0.5, 0.6) is 0 Å². The van der Waals surface area contributed by atoms with E-state index in [2.05, 4.69) is 15.9 Å². The Balaban J connectivity index is 2.76. The highest BCUT2D eigenvalue weighted by atomic mass is 79.9. The van der Waals surface area contributed by atoms with Crippen molar-refractivity contribution in [1.82, 2.24) is 4.90 Å². The van der Waals surface area contributed by atoms with E-state index in [4.69, 9.17) is 15.2 Å². The number of nitrogens with two attached hydrogens (primary N) is 1. The maximum atomic E-state index is 12.6. The highest BCUT2D eigenvalue weighted by Crippen LogP contribution is 2.18. The van der Waals surface area contributed by atoms with Crippen LogP contribution in [0, 0.1) is 0 Å². The van der Waals surface area contributed by atoms with E-state index in [-0.39, 0.29) is 5.91 Å². The molecule has 118 valence electrons. The van der Waals surface area contributed by atoms with Crippen LogP contribution in [0.15, 0.2) is 22.7 Å². The predicted octanol–water partition coefficient (Wildman–Crippen LogP) is 2.55. The Morgan fingerprint density at radius 3 is 2.19 bits per heavy atom. The Hall–Kier alpha value is -1.11. The van der Waals surface area contributed by atoms with Gasteiger partial charge in [-0.05, 0) is 32.0 Å². The third-order valence-electron chi connectivity index (χ3n) is 2.87. The van der Waals surface area contributed by atoms with E-state index in [1.54, 1.807) is 23.1 Å². The van der Waals surface area contributed by atoms with E-state index in [0.29, 0.717) is 50.8 Å². The van der Waals surface area contributed by atoms with Crippen molar-refractivity contribution in [2.24, 2.45) is 0 Å². The minimum absolute atomic E-state index is 0.0672. The summed E-state index contributed by atoms with van der Waals surface area (Å²) in [6.45, 7) is 7.23. The number of nitrogen functional groups attached to an aromatic ring is 1. The molecule has 0 heterocycles. The molecular formula is C15H23BrN2O3. The van der Waals surface area contributed by atoms with Gasteiger partial charge < -0.3 is 20.1 Å². The van der Waals surface area contributed by atoms with Crippen LogP contribution in [0.3, 0.4) is 0 Å². The molecule has 0 aromatic heterocycles. The number of amides is 1. The van der Waals surface area contributed by atoms with Gasteiger partial charge in [-0.2, -0.15) is 0 Å². The highest BCUT2D eigenvalue weighted by Gasteiger charge is 2.16. The summed E-state index contributed by atoms with van der Waals surface area (Å²) in [5.41, 5.74) is 6.91. The lowest BCUT2D eigenvalue weighted by Crippen LogP contribution is -2.36. The van der Waals surface area contributed by atoms with Gasteiger partial charge in [0.2, 0.25) is 0 Å². The number of ether oxygens (including phenoxy) is 2. The Kier molecular flexibility index (Phi) is 8.34. The summed E-state index contributed by atoms with van der Waals surface area (Å²) in [6, 6.07) is 5.22. The van der Waals surface area contributed by atoms with Gasteiger partial charge in [0.1, 0.15) is 0 Å². The molecule has 1 rings (SSSR count). The van der Waals surface area contributed by atoms with Crippen LogP contribution in [0.25, 0.3) is 0 Å². The number of carbonyl (C=O) groups excluding carboxylic acids is 1. The fourth-order valence-electron chi connectivity index (χ4n) is 1.87. The Labute approximate surface area is 134 Å².